The van der Waals surface area contributed by atoms with Crippen molar-refractivity contribution in [1.82, 2.24) is 5.32 Å². The second-order valence-electron chi connectivity index (χ2n) is 4.09. The summed E-state index contributed by atoms with van der Waals surface area (Å²) in [6.07, 6.45) is 0.186. The second kappa shape index (κ2) is 7.25. The molecule has 0 aliphatic heterocycles. The quantitative estimate of drug-likeness (QED) is 0.468. The number of benzene rings is 1. The maximum Gasteiger partial charge on any atom is 0.330 e. The predicted molar refractivity (Wildman–Crippen MR) is 69.7 cm³/mol. The molecule has 1 rings (SSSR count). The van der Waals surface area contributed by atoms with Crippen LogP contribution in [0.5, 0.6) is 0 Å². The average Bonchev–Trinajstić information content (AvgIpc) is 2.45. The molecule has 0 aromatic heterocycles. The highest BCUT2D eigenvalue weighted by Gasteiger charge is 2.27. The Kier molecular flexibility index (Phi) is 5.67. The minimum Gasteiger partial charge on any atom is -0.480 e. The molecule has 1 aromatic carbocycles. The zero-order chi connectivity index (χ0) is 15.1. The summed E-state index contributed by atoms with van der Waals surface area (Å²) < 4.78 is 4.58. The molecule has 0 bridgehead atoms. The normalized spacial score (nSPS) is 13.1. The minimum atomic E-state index is -1.72. The van der Waals surface area contributed by atoms with Gasteiger partial charge in [0.2, 0.25) is 5.91 Å². The van der Waals surface area contributed by atoms with E-state index in [-0.39, 0.29) is 6.42 Å². The van der Waals surface area contributed by atoms with Gasteiger partial charge in [0.1, 0.15) is 6.04 Å². The lowest BCUT2D eigenvalue weighted by atomic mass is 10.1. The number of esters is 1. The van der Waals surface area contributed by atoms with Gasteiger partial charge in [-0.15, -0.1) is 0 Å². The molecule has 0 saturated carbocycles. The van der Waals surface area contributed by atoms with E-state index in [1.807, 2.05) is 6.07 Å². The Morgan fingerprint density at radius 2 is 1.90 bits per heavy atom. The van der Waals surface area contributed by atoms with Gasteiger partial charge in [-0.3, -0.25) is 4.79 Å². The molecule has 0 saturated heterocycles. The molecule has 0 aliphatic carbocycles. The molecule has 1 amide bonds. The van der Waals surface area contributed by atoms with Crippen molar-refractivity contribution >= 4 is 17.8 Å². The van der Waals surface area contributed by atoms with Crippen LogP contribution >= 0.6 is 0 Å². The van der Waals surface area contributed by atoms with Gasteiger partial charge in [-0.05, 0) is 5.56 Å². The Bertz CT molecular complexity index is 489. The number of carbonyl (C=O) groups is 3. The number of methoxy groups -OCH3 is 1. The summed E-state index contributed by atoms with van der Waals surface area (Å²) in [4.78, 5) is 33.8. The minimum absolute atomic E-state index is 0.186. The van der Waals surface area contributed by atoms with Gasteiger partial charge in [-0.2, -0.15) is 0 Å². The third-order valence-corrected chi connectivity index (χ3v) is 2.63. The zero-order valence-corrected chi connectivity index (χ0v) is 10.9. The fourth-order valence-electron chi connectivity index (χ4n) is 1.56. The summed E-state index contributed by atoms with van der Waals surface area (Å²) in [6, 6.07) is 6.23. The molecule has 0 radical (unpaired) electrons. The number of carboxylic acids is 1. The molecule has 7 heteroatoms. The van der Waals surface area contributed by atoms with Crippen LogP contribution < -0.4 is 11.1 Å². The van der Waals surface area contributed by atoms with Crippen molar-refractivity contribution in [2.45, 2.75) is 18.5 Å². The van der Waals surface area contributed by atoms with Crippen molar-refractivity contribution in [3.8, 4) is 0 Å². The fraction of sp³-hybridized carbons (Fsp3) is 0.308. The second-order valence-corrected chi connectivity index (χ2v) is 4.09. The molecule has 0 aliphatic rings. The first-order valence-corrected chi connectivity index (χ1v) is 5.86. The van der Waals surface area contributed by atoms with Crippen LogP contribution in [0, 0.1) is 0 Å². The highest BCUT2D eigenvalue weighted by molar-refractivity contribution is 6.02. The SMILES string of the molecule is COC(=O)[C@H](Cc1ccccc1)NC(=O)[C@@H](N)C(=O)O. The molecule has 2 atom stereocenters. The molecule has 0 unspecified atom stereocenters. The van der Waals surface area contributed by atoms with E-state index in [4.69, 9.17) is 10.8 Å². The Balaban J connectivity index is 2.78. The van der Waals surface area contributed by atoms with Crippen LogP contribution in [-0.2, 0) is 25.5 Å². The van der Waals surface area contributed by atoms with Crippen LogP contribution in [-0.4, -0.2) is 42.1 Å². The predicted octanol–water partition coefficient (Wildman–Crippen LogP) is -0.701. The van der Waals surface area contributed by atoms with Gasteiger partial charge >= 0.3 is 11.9 Å². The maximum atomic E-state index is 11.6. The van der Waals surface area contributed by atoms with Gasteiger partial charge in [0.05, 0.1) is 7.11 Å². The van der Waals surface area contributed by atoms with Crippen molar-refractivity contribution in [2.75, 3.05) is 7.11 Å². The van der Waals surface area contributed by atoms with E-state index in [0.29, 0.717) is 0 Å². The number of hydrogen-bond donors (Lipinski definition) is 3. The number of nitrogens with two attached hydrogens (primary N) is 1. The topological polar surface area (TPSA) is 119 Å². The highest BCUT2D eigenvalue weighted by atomic mass is 16.5. The van der Waals surface area contributed by atoms with Crippen molar-refractivity contribution < 1.29 is 24.2 Å². The Morgan fingerprint density at radius 1 is 1.30 bits per heavy atom. The summed E-state index contributed by atoms with van der Waals surface area (Å²) >= 11 is 0. The summed E-state index contributed by atoms with van der Waals surface area (Å²) in [5.41, 5.74) is 5.98. The van der Waals surface area contributed by atoms with Crippen molar-refractivity contribution in [1.29, 1.82) is 0 Å². The first-order chi connectivity index (χ1) is 9.45. The average molecular weight is 280 g/mol. The van der Waals surface area contributed by atoms with Crippen LogP contribution in [0.3, 0.4) is 0 Å². The third kappa shape index (κ3) is 4.36. The Labute approximate surface area is 115 Å². The molecular formula is C13H16N2O5. The van der Waals surface area contributed by atoms with Gasteiger partial charge in [0, 0.05) is 6.42 Å². The number of nitrogens with one attached hydrogen (secondary N) is 1. The summed E-state index contributed by atoms with van der Waals surface area (Å²) in [7, 11) is 1.18. The fourth-order valence-corrected chi connectivity index (χ4v) is 1.56. The molecule has 7 nitrogen and oxygen atoms in total. The Morgan fingerprint density at radius 3 is 2.40 bits per heavy atom. The highest BCUT2D eigenvalue weighted by Crippen LogP contribution is 2.04. The van der Waals surface area contributed by atoms with Crippen LogP contribution in [0.1, 0.15) is 5.56 Å². The van der Waals surface area contributed by atoms with E-state index >= 15 is 0 Å². The summed E-state index contributed by atoms with van der Waals surface area (Å²) in [5.74, 6) is -3.07. The number of ether oxygens (including phenoxy) is 1. The molecule has 20 heavy (non-hydrogen) atoms. The van der Waals surface area contributed by atoms with Crippen molar-refractivity contribution in [3.63, 3.8) is 0 Å². The summed E-state index contributed by atoms with van der Waals surface area (Å²) in [6.45, 7) is 0. The molecule has 0 spiro atoms. The lowest BCUT2D eigenvalue weighted by Crippen LogP contribution is -2.52. The Hall–Kier alpha value is -2.41. The molecule has 0 fully saturated rings. The largest absolute Gasteiger partial charge is 0.480 e. The van der Waals surface area contributed by atoms with Crippen LogP contribution in [0.15, 0.2) is 30.3 Å². The van der Waals surface area contributed by atoms with Crippen LogP contribution in [0.2, 0.25) is 0 Å². The van der Waals surface area contributed by atoms with Gasteiger partial charge in [0.25, 0.3) is 0 Å². The van der Waals surface area contributed by atoms with E-state index in [2.05, 4.69) is 10.1 Å². The molecule has 108 valence electrons. The molecule has 4 N–H and O–H groups in total. The summed E-state index contributed by atoms with van der Waals surface area (Å²) in [5, 5.41) is 10.9. The van der Waals surface area contributed by atoms with Gasteiger partial charge in [-0.1, -0.05) is 30.3 Å². The maximum absolute atomic E-state index is 11.6. The molecular weight excluding hydrogens is 264 g/mol. The van der Waals surface area contributed by atoms with Gasteiger partial charge in [-0.25, -0.2) is 9.59 Å². The lowest BCUT2D eigenvalue weighted by Gasteiger charge is -2.17. The van der Waals surface area contributed by atoms with E-state index in [1.54, 1.807) is 24.3 Å². The van der Waals surface area contributed by atoms with Crippen molar-refractivity contribution in [3.05, 3.63) is 35.9 Å². The number of carbonyl (C=O) groups excluding carboxylic acids is 2. The van der Waals surface area contributed by atoms with Crippen LogP contribution in [0.4, 0.5) is 0 Å². The first-order valence-electron chi connectivity index (χ1n) is 5.86. The van der Waals surface area contributed by atoms with Crippen LogP contribution in [0.25, 0.3) is 0 Å². The number of carboxylic acid groups (broad SMARTS) is 1. The van der Waals surface area contributed by atoms with E-state index in [0.717, 1.165) is 5.56 Å². The molecule has 0 heterocycles. The van der Waals surface area contributed by atoms with Gasteiger partial charge < -0.3 is 20.9 Å². The smallest absolute Gasteiger partial charge is 0.330 e. The van der Waals surface area contributed by atoms with Gasteiger partial charge in [0.15, 0.2) is 6.04 Å². The van der Waals surface area contributed by atoms with E-state index < -0.39 is 29.9 Å². The standard InChI is InChI=1S/C13H16N2O5/c1-20-13(19)9(7-8-5-3-2-4-6-8)15-11(16)10(14)12(17)18/h2-6,9-10H,7,14H2,1H3,(H,15,16)(H,17,18)/t9-,10+/m0/s1. The third-order valence-electron chi connectivity index (χ3n) is 2.63. The van der Waals surface area contributed by atoms with Crippen molar-refractivity contribution in [2.24, 2.45) is 5.73 Å². The first kappa shape index (κ1) is 15.6. The number of amides is 1. The number of hydrogen-bond acceptors (Lipinski definition) is 5. The monoisotopic (exact) mass is 280 g/mol. The molecule has 1 aromatic rings. The van der Waals surface area contributed by atoms with E-state index in [9.17, 15) is 14.4 Å². The lowest BCUT2D eigenvalue weighted by molar-refractivity contribution is -0.148. The zero-order valence-electron chi connectivity index (χ0n) is 10.9. The number of rotatable bonds is 6. The van der Waals surface area contributed by atoms with E-state index in [1.165, 1.54) is 7.11 Å². The number of aliphatic carboxylic acids is 1.